The maximum atomic E-state index is 10.9. The summed E-state index contributed by atoms with van der Waals surface area (Å²) in [4.78, 5) is 12.4. The van der Waals surface area contributed by atoms with Crippen LogP contribution in [0.5, 0.6) is 0 Å². The Kier molecular flexibility index (Phi) is 4.02. The lowest BCUT2D eigenvalue weighted by atomic mass is 10.2. The van der Waals surface area contributed by atoms with E-state index in [4.69, 9.17) is 10.3 Å². The molecular formula is C10H14N6O2. The molecule has 8 heteroatoms. The van der Waals surface area contributed by atoms with Crippen molar-refractivity contribution >= 4 is 5.91 Å². The van der Waals surface area contributed by atoms with Crippen molar-refractivity contribution in [1.29, 1.82) is 0 Å². The van der Waals surface area contributed by atoms with Gasteiger partial charge in [-0.1, -0.05) is 0 Å². The van der Waals surface area contributed by atoms with E-state index >= 15 is 0 Å². The number of nitrogens with one attached hydrogen (secondary N) is 1. The van der Waals surface area contributed by atoms with Crippen LogP contribution in [-0.2, 0) is 11.3 Å². The number of unbranched alkanes of at least 4 members (excludes halogenated alkanes) is 1. The number of amides is 1. The van der Waals surface area contributed by atoms with E-state index in [-0.39, 0.29) is 5.91 Å². The first-order chi connectivity index (χ1) is 8.79. The molecule has 0 atom stereocenters. The van der Waals surface area contributed by atoms with Crippen LogP contribution >= 0.6 is 0 Å². The molecule has 0 saturated carbocycles. The second-order valence-electron chi connectivity index (χ2n) is 3.71. The molecule has 0 aliphatic carbocycles. The molecule has 2 heterocycles. The van der Waals surface area contributed by atoms with Crippen molar-refractivity contribution in [3.05, 3.63) is 18.4 Å². The smallest absolute Gasteiger partial charge is 0.240 e. The molecule has 96 valence electrons. The van der Waals surface area contributed by atoms with Gasteiger partial charge in [-0.2, -0.15) is 4.80 Å². The van der Waals surface area contributed by atoms with E-state index in [1.807, 2.05) is 0 Å². The first-order valence-electron chi connectivity index (χ1n) is 5.60. The maximum Gasteiger partial charge on any atom is 0.240 e. The van der Waals surface area contributed by atoms with E-state index < -0.39 is 0 Å². The molecule has 2 aromatic heterocycles. The van der Waals surface area contributed by atoms with Crippen molar-refractivity contribution in [3.63, 3.8) is 0 Å². The summed E-state index contributed by atoms with van der Waals surface area (Å²) in [6, 6.07) is 3.54. The lowest BCUT2D eigenvalue weighted by molar-refractivity contribution is -0.121. The molecule has 0 bridgehead atoms. The molecule has 1 amide bonds. The molecule has 0 radical (unpaired) electrons. The molecule has 3 N–H and O–H groups in total. The summed E-state index contributed by atoms with van der Waals surface area (Å²) in [6.07, 6.45) is 3.46. The Labute approximate surface area is 103 Å². The van der Waals surface area contributed by atoms with Gasteiger partial charge in [0, 0.05) is 6.42 Å². The standard InChI is InChI=1S/C10H14N6O2/c11-12-9(17)5-1-2-6-16-14-10(13-15-16)8-4-3-7-18-8/h3-4,7H,1-2,5-6,11H2,(H,12,17). The molecule has 0 spiro atoms. The van der Waals surface area contributed by atoms with E-state index in [0.717, 1.165) is 12.8 Å². The number of carbonyl (C=O) groups is 1. The fourth-order valence-corrected chi connectivity index (χ4v) is 1.45. The Balaban J connectivity index is 1.79. The highest BCUT2D eigenvalue weighted by Gasteiger charge is 2.07. The van der Waals surface area contributed by atoms with Crippen LogP contribution in [0.25, 0.3) is 11.6 Å². The summed E-state index contributed by atoms with van der Waals surface area (Å²) in [7, 11) is 0. The molecular weight excluding hydrogens is 236 g/mol. The number of aryl methyl sites for hydroxylation is 1. The first-order valence-corrected chi connectivity index (χ1v) is 5.60. The van der Waals surface area contributed by atoms with Crippen molar-refractivity contribution in [3.8, 4) is 11.6 Å². The number of aromatic nitrogens is 4. The lowest BCUT2D eigenvalue weighted by Gasteiger charge is -1.99. The van der Waals surface area contributed by atoms with E-state index in [9.17, 15) is 4.79 Å². The molecule has 0 aliphatic rings. The van der Waals surface area contributed by atoms with Crippen LogP contribution in [0, 0.1) is 0 Å². The second-order valence-corrected chi connectivity index (χ2v) is 3.71. The average Bonchev–Trinajstić information content (AvgIpc) is 3.04. The molecule has 8 nitrogen and oxygen atoms in total. The summed E-state index contributed by atoms with van der Waals surface area (Å²) < 4.78 is 5.16. The fourth-order valence-electron chi connectivity index (χ4n) is 1.45. The summed E-state index contributed by atoms with van der Waals surface area (Å²) in [6.45, 7) is 0.603. The van der Waals surface area contributed by atoms with E-state index in [1.54, 1.807) is 18.4 Å². The summed E-state index contributed by atoms with van der Waals surface area (Å²) >= 11 is 0. The molecule has 0 aliphatic heterocycles. The van der Waals surface area contributed by atoms with E-state index in [0.29, 0.717) is 24.6 Å². The predicted molar refractivity (Wildman–Crippen MR) is 61.7 cm³/mol. The van der Waals surface area contributed by atoms with Crippen molar-refractivity contribution in [2.45, 2.75) is 25.8 Å². The van der Waals surface area contributed by atoms with Gasteiger partial charge in [0.1, 0.15) is 0 Å². The molecule has 2 aromatic rings. The maximum absolute atomic E-state index is 10.9. The third-order valence-corrected chi connectivity index (χ3v) is 2.37. The lowest BCUT2D eigenvalue weighted by Crippen LogP contribution is -2.29. The van der Waals surface area contributed by atoms with Gasteiger partial charge in [0.25, 0.3) is 0 Å². The SMILES string of the molecule is NNC(=O)CCCCn1nnc(-c2ccco2)n1. The summed E-state index contributed by atoms with van der Waals surface area (Å²) in [5.41, 5.74) is 2.08. The zero-order chi connectivity index (χ0) is 12.8. The Bertz CT molecular complexity index is 492. The zero-order valence-electron chi connectivity index (χ0n) is 9.74. The minimum absolute atomic E-state index is 0.169. The highest BCUT2D eigenvalue weighted by Crippen LogP contribution is 2.13. The van der Waals surface area contributed by atoms with Crippen LogP contribution in [0.2, 0.25) is 0 Å². The number of rotatable bonds is 6. The van der Waals surface area contributed by atoms with Gasteiger partial charge in [-0.25, -0.2) is 5.84 Å². The summed E-state index contributed by atoms with van der Waals surface area (Å²) in [5, 5.41) is 11.9. The molecule has 0 unspecified atom stereocenters. The highest BCUT2D eigenvalue weighted by molar-refractivity contribution is 5.75. The minimum atomic E-state index is -0.169. The van der Waals surface area contributed by atoms with Crippen LogP contribution < -0.4 is 11.3 Å². The molecule has 0 fully saturated rings. The van der Waals surface area contributed by atoms with Crippen molar-refractivity contribution in [1.82, 2.24) is 25.6 Å². The fraction of sp³-hybridized carbons (Fsp3) is 0.400. The summed E-state index contributed by atoms with van der Waals surface area (Å²) in [5.74, 6) is 5.85. The highest BCUT2D eigenvalue weighted by atomic mass is 16.3. The van der Waals surface area contributed by atoms with E-state index in [1.165, 1.54) is 4.80 Å². The number of hydrogen-bond acceptors (Lipinski definition) is 6. The van der Waals surface area contributed by atoms with Gasteiger partial charge in [-0.15, -0.1) is 10.2 Å². The van der Waals surface area contributed by atoms with Crippen molar-refractivity contribution in [2.75, 3.05) is 0 Å². The van der Waals surface area contributed by atoms with Crippen molar-refractivity contribution in [2.24, 2.45) is 5.84 Å². The predicted octanol–water partition coefficient (Wildman–Crippen LogP) is 0.0933. The minimum Gasteiger partial charge on any atom is -0.461 e. The van der Waals surface area contributed by atoms with Gasteiger partial charge in [0.15, 0.2) is 5.76 Å². The first kappa shape index (κ1) is 12.2. The second kappa shape index (κ2) is 5.92. The normalized spacial score (nSPS) is 10.5. The number of furan rings is 1. The average molecular weight is 250 g/mol. The van der Waals surface area contributed by atoms with Gasteiger partial charge in [0.05, 0.1) is 12.8 Å². The number of nitrogens with two attached hydrogens (primary N) is 1. The number of tetrazole rings is 1. The van der Waals surface area contributed by atoms with Gasteiger partial charge in [-0.05, 0) is 30.2 Å². The van der Waals surface area contributed by atoms with E-state index in [2.05, 4.69) is 20.8 Å². The monoisotopic (exact) mass is 250 g/mol. The quantitative estimate of drug-likeness (QED) is 0.325. The number of nitrogens with zero attached hydrogens (tertiary/aromatic N) is 4. The Morgan fingerprint density at radius 1 is 1.50 bits per heavy atom. The van der Waals surface area contributed by atoms with Crippen LogP contribution in [-0.4, -0.2) is 26.1 Å². The van der Waals surface area contributed by atoms with Crippen LogP contribution in [0.4, 0.5) is 0 Å². The van der Waals surface area contributed by atoms with Crippen LogP contribution in [0.3, 0.4) is 0 Å². The molecule has 0 aromatic carbocycles. The zero-order valence-corrected chi connectivity index (χ0v) is 9.74. The number of hydrazine groups is 1. The Morgan fingerprint density at radius 3 is 3.11 bits per heavy atom. The Hall–Kier alpha value is -2.22. The third-order valence-electron chi connectivity index (χ3n) is 2.37. The van der Waals surface area contributed by atoms with Gasteiger partial charge in [-0.3, -0.25) is 10.2 Å². The molecule has 0 saturated heterocycles. The van der Waals surface area contributed by atoms with Gasteiger partial charge < -0.3 is 4.42 Å². The van der Waals surface area contributed by atoms with Crippen molar-refractivity contribution < 1.29 is 9.21 Å². The van der Waals surface area contributed by atoms with Crippen LogP contribution in [0.15, 0.2) is 22.8 Å². The largest absolute Gasteiger partial charge is 0.461 e. The molecule has 2 rings (SSSR count). The number of hydrogen-bond donors (Lipinski definition) is 2. The third kappa shape index (κ3) is 3.14. The van der Waals surface area contributed by atoms with Gasteiger partial charge in [0.2, 0.25) is 11.7 Å². The Morgan fingerprint density at radius 2 is 2.39 bits per heavy atom. The van der Waals surface area contributed by atoms with Gasteiger partial charge >= 0.3 is 0 Å². The topological polar surface area (TPSA) is 112 Å². The molecule has 18 heavy (non-hydrogen) atoms. The van der Waals surface area contributed by atoms with Crippen LogP contribution in [0.1, 0.15) is 19.3 Å². The number of carbonyl (C=O) groups excluding carboxylic acids is 1.